The van der Waals surface area contributed by atoms with E-state index in [9.17, 15) is 4.39 Å². The summed E-state index contributed by atoms with van der Waals surface area (Å²) in [6.45, 7) is 2.92. The van der Waals surface area contributed by atoms with Gasteiger partial charge in [0.1, 0.15) is 5.82 Å². The molecule has 0 fully saturated rings. The van der Waals surface area contributed by atoms with E-state index in [1.54, 1.807) is 24.9 Å². The molecule has 3 nitrogen and oxygen atoms in total. The van der Waals surface area contributed by atoms with Gasteiger partial charge in [0, 0.05) is 39.5 Å². The van der Waals surface area contributed by atoms with Crippen LogP contribution in [0, 0.1) is 5.82 Å². The molecule has 108 valence electrons. The summed E-state index contributed by atoms with van der Waals surface area (Å²) in [6.07, 6.45) is 2.06. The van der Waals surface area contributed by atoms with Gasteiger partial charge in [-0.25, -0.2) is 4.39 Å². The van der Waals surface area contributed by atoms with E-state index in [-0.39, 0.29) is 5.82 Å². The Morgan fingerprint density at radius 2 is 2.21 bits per heavy atom. The van der Waals surface area contributed by atoms with Gasteiger partial charge < -0.3 is 15.0 Å². The first-order valence-electron chi connectivity index (χ1n) is 6.37. The first-order chi connectivity index (χ1) is 9.20. The molecule has 0 heterocycles. The lowest BCUT2D eigenvalue weighted by Crippen LogP contribution is -2.25. The van der Waals surface area contributed by atoms with E-state index in [1.807, 2.05) is 18.0 Å². The van der Waals surface area contributed by atoms with E-state index in [1.165, 1.54) is 6.07 Å². The fourth-order valence-corrected chi connectivity index (χ4v) is 2.32. The molecule has 19 heavy (non-hydrogen) atoms. The van der Waals surface area contributed by atoms with Gasteiger partial charge in [0.2, 0.25) is 0 Å². The zero-order valence-corrected chi connectivity index (χ0v) is 12.7. The predicted molar refractivity (Wildman–Crippen MR) is 81.6 cm³/mol. The van der Waals surface area contributed by atoms with Crippen molar-refractivity contribution < 1.29 is 9.13 Å². The van der Waals surface area contributed by atoms with E-state index in [4.69, 9.17) is 4.74 Å². The fraction of sp³-hybridized carbons (Fsp3) is 0.571. The molecule has 1 rings (SSSR count). The molecule has 1 N–H and O–H groups in total. The number of thioether (sulfide) groups is 1. The lowest BCUT2D eigenvalue weighted by Gasteiger charge is -2.23. The number of hydrogen-bond donors (Lipinski definition) is 1. The van der Waals surface area contributed by atoms with E-state index in [2.05, 4.69) is 11.6 Å². The number of halogens is 1. The highest BCUT2D eigenvalue weighted by Gasteiger charge is 2.12. The molecule has 0 amide bonds. The van der Waals surface area contributed by atoms with Crippen molar-refractivity contribution >= 4 is 17.4 Å². The van der Waals surface area contributed by atoms with Crippen LogP contribution in [0.5, 0.6) is 0 Å². The average molecular weight is 286 g/mol. The molecule has 1 aromatic carbocycles. The first-order valence-corrected chi connectivity index (χ1v) is 7.77. The van der Waals surface area contributed by atoms with Gasteiger partial charge in [0.25, 0.3) is 0 Å². The molecule has 0 aromatic heterocycles. The lowest BCUT2D eigenvalue weighted by molar-refractivity contribution is 0.199. The summed E-state index contributed by atoms with van der Waals surface area (Å²) in [5.74, 6) is 0.830. The number of nitrogens with one attached hydrogen (secondary N) is 1. The monoisotopic (exact) mass is 286 g/mol. The molecule has 1 aromatic rings. The van der Waals surface area contributed by atoms with Crippen LogP contribution in [-0.4, -0.2) is 45.9 Å². The molecule has 0 bridgehead atoms. The van der Waals surface area contributed by atoms with Crippen molar-refractivity contribution in [1.82, 2.24) is 5.32 Å². The van der Waals surface area contributed by atoms with Crippen LogP contribution < -0.4 is 10.2 Å². The van der Waals surface area contributed by atoms with E-state index < -0.39 is 0 Å². The van der Waals surface area contributed by atoms with Crippen molar-refractivity contribution in [2.75, 3.05) is 50.8 Å². The van der Waals surface area contributed by atoms with Crippen molar-refractivity contribution in [3.63, 3.8) is 0 Å². The summed E-state index contributed by atoms with van der Waals surface area (Å²) >= 11 is 1.76. The highest BCUT2D eigenvalue weighted by molar-refractivity contribution is 7.98. The molecular formula is C14H23FN2OS. The molecule has 0 aliphatic carbocycles. The van der Waals surface area contributed by atoms with Crippen molar-refractivity contribution in [3.8, 4) is 0 Å². The number of methoxy groups -OCH3 is 1. The second kappa shape index (κ2) is 9.18. The SMILES string of the molecule is COCCNCc1cccc(F)c1N(C)CCSC. The topological polar surface area (TPSA) is 24.5 Å². The second-order valence-electron chi connectivity index (χ2n) is 4.33. The maximum absolute atomic E-state index is 14.0. The molecule has 5 heteroatoms. The Balaban J connectivity index is 2.71. The molecular weight excluding hydrogens is 263 g/mol. The minimum absolute atomic E-state index is 0.158. The molecule has 0 radical (unpaired) electrons. The normalized spacial score (nSPS) is 10.7. The van der Waals surface area contributed by atoms with Crippen LogP contribution >= 0.6 is 11.8 Å². The van der Waals surface area contributed by atoms with Crippen LogP contribution in [0.2, 0.25) is 0 Å². The van der Waals surface area contributed by atoms with Gasteiger partial charge in [0.05, 0.1) is 12.3 Å². The third kappa shape index (κ3) is 5.38. The second-order valence-corrected chi connectivity index (χ2v) is 5.32. The van der Waals surface area contributed by atoms with Gasteiger partial charge in [-0.2, -0.15) is 11.8 Å². The Bertz CT molecular complexity index is 376. The van der Waals surface area contributed by atoms with Crippen LogP contribution in [0.15, 0.2) is 18.2 Å². The van der Waals surface area contributed by atoms with Gasteiger partial charge in [-0.05, 0) is 17.9 Å². The molecule has 0 unspecified atom stereocenters. The van der Waals surface area contributed by atoms with Gasteiger partial charge in [-0.1, -0.05) is 12.1 Å². The number of hydrogen-bond acceptors (Lipinski definition) is 4. The number of para-hydroxylation sites is 1. The third-order valence-corrected chi connectivity index (χ3v) is 3.47. The number of benzene rings is 1. The summed E-state index contributed by atoms with van der Waals surface area (Å²) < 4.78 is 19.0. The fourth-order valence-electron chi connectivity index (χ4n) is 1.87. The summed E-state index contributed by atoms with van der Waals surface area (Å²) in [7, 11) is 3.61. The van der Waals surface area contributed by atoms with Crippen molar-refractivity contribution in [2.24, 2.45) is 0 Å². The highest BCUT2D eigenvalue weighted by atomic mass is 32.2. The summed E-state index contributed by atoms with van der Waals surface area (Å²) in [5.41, 5.74) is 1.68. The number of anilines is 1. The first kappa shape index (κ1) is 16.3. The molecule has 0 saturated heterocycles. The minimum atomic E-state index is -0.158. The number of ether oxygens (including phenoxy) is 1. The lowest BCUT2D eigenvalue weighted by atomic mass is 10.1. The number of nitrogens with zero attached hydrogens (tertiary/aromatic N) is 1. The van der Waals surface area contributed by atoms with Gasteiger partial charge in [0.15, 0.2) is 0 Å². The summed E-state index contributed by atoms with van der Waals surface area (Å²) in [4.78, 5) is 1.99. The van der Waals surface area contributed by atoms with Crippen LogP contribution in [0.25, 0.3) is 0 Å². The third-order valence-electron chi connectivity index (χ3n) is 2.88. The van der Waals surface area contributed by atoms with Crippen molar-refractivity contribution in [3.05, 3.63) is 29.6 Å². The zero-order chi connectivity index (χ0) is 14.1. The Labute approximate surface area is 119 Å². The summed E-state index contributed by atoms with van der Waals surface area (Å²) in [6, 6.07) is 5.24. The van der Waals surface area contributed by atoms with Crippen molar-refractivity contribution in [2.45, 2.75) is 6.54 Å². The predicted octanol–water partition coefficient (Wildman–Crippen LogP) is 2.36. The van der Waals surface area contributed by atoms with Gasteiger partial charge in [-0.15, -0.1) is 0 Å². The van der Waals surface area contributed by atoms with E-state index in [0.717, 1.165) is 24.4 Å². The Morgan fingerprint density at radius 3 is 2.89 bits per heavy atom. The Kier molecular flexibility index (Phi) is 7.86. The quantitative estimate of drug-likeness (QED) is 0.704. The maximum Gasteiger partial charge on any atom is 0.146 e. The van der Waals surface area contributed by atoms with Crippen LogP contribution in [0.3, 0.4) is 0 Å². The van der Waals surface area contributed by atoms with Gasteiger partial charge in [-0.3, -0.25) is 0 Å². The van der Waals surface area contributed by atoms with E-state index >= 15 is 0 Å². The average Bonchev–Trinajstić information content (AvgIpc) is 2.41. The zero-order valence-electron chi connectivity index (χ0n) is 11.9. The van der Waals surface area contributed by atoms with Crippen LogP contribution in [0.1, 0.15) is 5.56 Å². The van der Waals surface area contributed by atoms with E-state index in [0.29, 0.717) is 18.8 Å². The maximum atomic E-state index is 14.0. The molecule has 0 saturated carbocycles. The van der Waals surface area contributed by atoms with Crippen LogP contribution in [-0.2, 0) is 11.3 Å². The minimum Gasteiger partial charge on any atom is -0.383 e. The van der Waals surface area contributed by atoms with Gasteiger partial charge >= 0.3 is 0 Å². The smallest absolute Gasteiger partial charge is 0.146 e. The Morgan fingerprint density at radius 1 is 1.42 bits per heavy atom. The summed E-state index contributed by atoms with van der Waals surface area (Å²) in [5, 5.41) is 3.26. The van der Waals surface area contributed by atoms with Crippen molar-refractivity contribution in [1.29, 1.82) is 0 Å². The largest absolute Gasteiger partial charge is 0.383 e. The standard InChI is InChI=1S/C14H23FN2OS/c1-17(8-10-19-3)14-12(5-4-6-13(14)15)11-16-7-9-18-2/h4-6,16H,7-11H2,1-3H3. The highest BCUT2D eigenvalue weighted by Crippen LogP contribution is 2.23. The van der Waals surface area contributed by atoms with Crippen LogP contribution in [0.4, 0.5) is 10.1 Å². The number of rotatable bonds is 9. The molecule has 0 aliphatic rings. The Hall–Kier alpha value is -0.780. The molecule has 0 aliphatic heterocycles. The molecule has 0 spiro atoms. The molecule has 0 atom stereocenters.